The van der Waals surface area contributed by atoms with E-state index < -0.39 is 11.9 Å². The normalized spacial score (nSPS) is 21.8. The monoisotopic (exact) mass is 350 g/mol. The zero-order chi connectivity index (χ0) is 18.0. The Hall–Kier alpha value is -2.48. The zero-order valence-corrected chi connectivity index (χ0v) is 14.0. The Balaban J connectivity index is 1.65. The first-order valence-electron chi connectivity index (χ1n) is 8.40. The Morgan fingerprint density at radius 3 is 2.48 bits per heavy atom. The van der Waals surface area contributed by atoms with E-state index in [9.17, 15) is 18.8 Å². The lowest BCUT2D eigenvalue weighted by Gasteiger charge is -2.33. The molecule has 2 fully saturated rings. The zero-order valence-electron chi connectivity index (χ0n) is 14.0. The Labute approximate surface area is 144 Å². The highest BCUT2D eigenvalue weighted by atomic mass is 19.1. The second kappa shape index (κ2) is 7.18. The van der Waals surface area contributed by atoms with Crippen LogP contribution < -0.4 is 9.80 Å². The molecule has 0 unspecified atom stereocenters. The first-order valence-corrected chi connectivity index (χ1v) is 8.40. The van der Waals surface area contributed by atoms with E-state index in [1.54, 1.807) is 11.8 Å². The number of halogens is 1. The number of hydrogen-bond acceptors (Lipinski definition) is 4. The molecule has 3 amide bonds. The number of piperazine rings is 1. The molecule has 0 spiro atoms. The Morgan fingerprint density at radius 2 is 1.88 bits per heavy atom. The molecule has 2 heterocycles. The maximum atomic E-state index is 13.1. The second-order valence-electron chi connectivity index (χ2n) is 6.14. The molecule has 1 N–H and O–H groups in total. The van der Waals surface area contributed by atoms with Gasteiger partial charge in [0.1, 0.15) is 5.82 Å². The molecule has 2 saturated heterocycles. The van der Waals surface area contributed by atoms with Crippen LogP contribution in [-0.2, 0) is 14.3 Å². The van der Waals surface area contributed by atoms with Crippen molar-refractivity contribution in [1.82, 2.24) is 4.90 Å². The molecular weight excluding hydrogens is 329 g/mol. The number of carbonyl (C=O) groups excluding carboxylic acids is 3. The number of quaternary nitrogens is 1. The number of anilines is 1. The summed E-state index contributed by atoms with van der Waals surface area (Å²) in [5, 5.41) is 0. The average Bonchev–Trinajstić information content (AvgIpc) is 2.91. The number of imide groups is 1. The summed E-state index contributed by atoms with van der Waals surface area (Å²) in [6, 6.07) is 4.87. The van der Waals surface area contributed by atoms with Crippen molar-refractivity contribution in [3.05, 3.63) is 30.1 Å². The van der Waals surface area contributed by atoms with E-state index in [0.29, 0.717) is 38.5 Å². The minimum absolute atomic E-state index is 0.130. The van der Waals surface area contributed by atoms with Gasteiger partial charge in [-0.3, -0.25) is 14.5 Å². The fourth-order valence-electron chi connectivity index (χ4n) is 3.35. The highest BCUT2D eigenvalue weighted by Gasteiger charge is 2.46. The van der Waals surface area contributed by atoms with Crippen LogP contribution in [0.2, 0.25) is 0 Å². The lowest BCUT2D eigenvalue weighted by molar-refractivity contribution is -0.918. The van der Waals surface area contributed by atoms with Crippen LogP contribution in [0.5, 0.6) is 0 Å². The average molecular weight is 350 g/mol. The van der Waals surface area contributed by atoms with Gasteiger partial charge in [0.25, 0.3) is 5.91 Å². The van der Waals surface area contributed by atoms with Crippen molar-refractivity contribution >= 4 is 23.6 Å². The summed E-state index contributed by atoms with van der Waals surface area (Å²) in [6.07, 6.45) is -0.214. The Bertz CT molecular complexity index is 671. The van der Waals surface area contributed by atoms with Gasteiger partial charge in [0.05, 0.1) is 44.9 Å². The summed E-state index contributed by atoms with van der Waals surface area (Å²) in [5.74, 6) is -0.960. The van der Waals surface area contributed by atoms with Crippen molar-refractivity contribution in [1.29, 1.82) is 0 Å². The number of nitrogens with zero attached hydrogens (tertiary/aromatic N) is 2. The number of ether oxygens (including phenoxy) is 1. The largest absolute Gasteiger partial charge is 0.450 e. The molecule has 25 heavy (non-hydrogen) atoms. The van der Waals surface area contributed by atoms with E-state index in [4.69, 9.17) is 4.74 Å². The van der Waals surface area contributed by atoms with Crippen molar-refractivity contribution < 1.29 is 28.4 Å². The summed E-state index contributed by atoms with van der Waals surface area (Å²) in [5.41, 5.74) is 0.392. The summed E-state index contributed by atoms with van der Waals surface area (Å²) in [4.78, 5) is 40.5. The highest BCUT2D eigenvalue weighted by Crippen LogP contribution is 2.22. The number of benzene rings is 1. The van der Waals surface area contributed by atoms with Crippen LogP contribution >= 0.6 is 0 Å². The molecule has 0 bridgehead atoms. The number of nitrogens with one attached hydrogen (secondary N) is 1. The molecule has 2 aliphatic heterocycles. The smallest absolute Gasteiger partial charge is 0.410 e. The third-order valence-electron chi connectivity index (χ3n) is 4.66. The maximum absolute atomic E-state index is 13.1. The predicted molar refractivity (Wildman–Crippen MR) is 86.6 cm³/mol. The molecule has 1 atom stereocenters. The van der Waals surface area contributed by atoms with E-state index >= 15 is 0 Å². The molecule has 0 aromatic heterocycles. The molecule has 1 aromatic rings. The van der Waals surface area contributed by atoms with E-state index in [-0.39, 0.29) is 24.3 Å². The lowest BCUT2D eigenvalue weighted by atomic mass is 10.2. The summed E-state index contributed by atoms with van der Waals surface area (Å²) >= 11 is 0. The molecular formula is C17H21FN3O4+. The first kappa shape index (κ1) is 17.3. The van der Waals surface area contributed by atoms with Gasteiger partial charge in [-0.1, -0.05) is 0 Å². The minimum Gasteiger partial charge on any atom is -0.450 e. The van der Waals surface area contributed by atoms with Crippen LogP contribution in [0.4, 0.5) is 14.9 Å². The summed E-state index contributed by atoms with van der Waals surface area (Å²) < 4.78 is 18.0. The molecule has 8 heteroatoms. The minimum atomic E-state index is -0.457. The second-order valence-corrected chi connectivity index (χ2v) is 6.14. The number of hydrogen-bond donors (Lipinski definition) is 1. The third kappa shape index (κ3) is 3.48. The van der Waals surface area contributed by atoms with Gasteiger partial charge in [0.15, 0.2) is 6.04 Å². The van der Waals surface area contributed by atoms with Crippen molar-refractivity contribution in [3.63, 3.8) is 0 Å². The maximum Gasteiger partial charge on any atom is 0.410 e. The molecule has 0 saturated carbocycles. The first-order chi connectivity index (χ1) is 12.0. The molecule has 134 valence electrons. The van der Waals surface area contributed by atoms with Crippen molar-refractivity contribution in [3.8, 4) is 0 Å². The van der Waals surface area contributed by atoms with Crippen LogP contribution in [0.3, 0.4) is 0 Å². The van der Waals surface area contributed by atoms with E-state index in [2.05, 4.69) is 0 Å². The van der Waals surface area contributed by atoms with Crippen LogP contribution in [0, 0.1) is 5.82 Å². The molecule has 0 radical (unpaired) electrons. The molecule has 3 rings (SSSR count). The standard InChI is InChI=1S/C17H20FN3O4/c1-2-25-17(24)20-9-7-19(8-10-20)14-11-15(22)21(16(14)23)13-5-3-12(18)4-6-13/h3-6,14H,2,7-11H2,1H3/p+1/t14-/m0/s1. The van der Waals surface area contributed by atoms with Crippen LogP contribution in [0.15, 0.2) is 24.3 Å². The Morgan fingerprint density at radius 1 is 1.24 bits per heavy atom. The summed E-state index contributed by atoms with van der Waals surface area (Å²) in [7, 11) is 0. The number of carbonyl (C=O) groups is 3. The van der Waals surface area contributed by atoms with E-state index in [0.717, 1.165) is 9.80 Å². The van der Waals surface area contributed by atoms with Gasteiger partial charge in [-0.2, -0.15) is 0 Å². The SMILES string of the molecule is CCOC(=O)N1CC[NH+]([C@H]2CC(=O)N(c3ccc(F)cc3)C2=O)CC1. The highest BCUT2D eigenvalue weighted by molar-refractivity contribution is 6.21. The summed E-state index contributed by atoms with van der Waals surface area (Å²) in [6.45, 7) is 4.23. The molecule has 0 aliphatic carbocycles. The number of rotatable bonds is 3. The Kier molecular flexibility index (Phi) is 4.98. The van der Waals surface area contributed by atoms with Gasteiger partial charge < -0.3 is 9.64 Å². The van der Waals surface area contributed by atoms with Gasteiger partial charge in [-0.25, -0.2) is 14.1 Å². The van der Waals surface area contributed by atoms with Crippen LogP contribution in [-0.4, -0.2) is 61.6 Å². The molecule has 2 aliphatic rings. The van der Waals surface area contributed by atoms with Gasteiger partial charge >= 0.3 is 6.09 Å². The van der Waals surface area contributed by atoms with Gasteiger partial charge in [0.2, 0.25) is 5.91 Å². The van der Waals surface area contributed by atoms with Crippen molar-refractivity contribution in [2.24, 2.45) is 0 Å². The van der Waals surface area contributed by atoms with Crippen molar-refractivity contribution in [2.75, 3.05) is 37.7 Å². The predicted octanol–water partition coefficient (Wildman–Crippen LogP) is -0.185. The third-order valence-corrected chi connectivity index (χ3v) is 4.66. The fraction of sp³-hybridized carbons (Fsp3) is 0.471. The van der Waals surface area contributed by atoms with Crippen LogP contribution in [0.1, 0.15) is 13.3 Å². The lowest BCUT2D eigenvalue weighted by Crippen LogP contribution is -3.19. The quantitative estimate of drug-likeness (QED) is 0.768. The van der Waals surface area contributed by atoms with Gasteiger partial charge in [-0.05, 0) is 31.2 Å². The molecule has 7 nitrogen and oxygen atoms in total. The number of amides is 3. The van der Waals surface area contributed by atoms with E-state index in [1.165, 1.54) is 24.3 Å². The van der Waals surface area contributed by atoms with E-state index in [1.807, 2.05) is 0 Å². The van der Waals surface area contributed by atoms with Crippen LogP contribution in [0.25, 0.3) is 0 Å². The van der Waals surface area contributed by atoms with Crippen molar-refractivity contribution in [2.45, 2.75) is 19.4 Å². The topological polar surface area (TPSA) is 71.4 Å². The van der Waals surface area contributed by atoms with Gasteiger partial charge in [0, 0.05) is 0 Å². The van der Waals surface area contributed by atoms with Gasteiger partial charge in [-0.15, -0.1) is 0 Å². The molecule has 1 aromatic carbocycles. The fourth-order valence-corrected chi connectivity index (χ4v) is 3.35.